The first-order chi connectivity index (χ1) is 11.9. The molecule has 1 aromatic heterocycles. The summed E-state index contributed by atoms with van der Waals surface area (Å²) in [6, 6.07) is 7.45. The summed E-state index contributed by atoms with van der Waals surface area (Å²) in [5, 5.41) is 3.97. The molecule has 134 valence electrons. The first-order valence-corrected chi connectivity index (χ1v) is 7.57. The Bertz CT molecular complexity index is 716. The number of hydrazone groups is 1. The molecule has 0 bridgehead atoms. The highest BCUT2D eigenvalue weighted by atomic mass is 19.4. The summed E-state index contributed by atoms with van der Waals surface area (Å²) in [6.07, 6.45) is -1.28. The molecule has 0 saturated heterocycles. The van der Waals surface area contributed by atoms with Gasteiger partial charge in [-0.2, -0.15) is 18.3 Å². The van der Waals surface area contributed by atoms with Crippen LogP contribution >= 0.6 is 0 Å². The van der Waals surface area contributed by atoms with Gasteiger partial charge in [0.2, 0.25) is 0 Å². The number of halogens is 3. The van der Waals surface area contributed by atoms with Crippen molar-refractivity contribution in [2.45, 2.75) is 19.5 Å². The van der Waals surface area contributed by atoms with Crippen LogP contribution in [0.2, 0.25) is 0 Å². The number of hydrogen-bond acceptors (Lipinski definition) is 5. The van der Waals surface area contributed by atoms with Gasteiger partial charge >= 0.3 is 6.18 Å². The van der Waals surface area contributed by atoms with Crippen LogP contribution in [-0.4, -0.2) is 24.9 Å². The minimum atomic E-state index is -4.41. The maximum absolute atomic E-state index is 12.5. The van der Waals surface area contributed by atoms with E-state index in [2.05, 4.69) is 15.5 Å². The zero-order valence-electron chi connectivity index (χ0n) is 13.8. The summed E-state index contributed by atoms with van der Waals surface area (Å²) in [5.41, 5.74) is 2.51. The van der Waals surface area contributed by atoms with E-state index in [-0.39, 0.29) is 5.82 Å². The Morgan fingerprint density at radius 3 is 2.60 bits per heavy atom. The second-order valence-corrected chi connectivity index (χ2v) is 5.06. The monoisotopic (exact) mass is 353 g/mol. The maximum atomic E-state index is 12.5. The van der Waals surface area contributed by atoms with Crippen LogP contribution in [-0.2, 0) is 6.18 Å². The number of hydrogen-bond donors (Lipinski definition) is 1. The third-order valence-electron chi connectivity index (χ3n) is 3.13. The number of benzene rings is 1. The second kappa shape index (κ2) is 8.36. The standard InChI is InChI=1S/C17H18F3N3O2/c1-3-8-25-15-9-12(4-6-14(15)24-2)10-22-23-16-7-5-13(11-21-16)17(18,19)20/h4-7,9-11H,3,8H2,1-2H3,(H,21,23)/b22-10-. The number of nitrogens with zero attached hydrogens (tertiary/aromatic N) is 2. The molecule has 0 spiro atoms. The Labute approximate surface area is 143 Å². The average molecular weight is 353 g/mol. The topological polar surface area (TPSA) is 55.7 Å². The van der Waals surface area contributed by atoms with Crippen molar-refractivity contribution in [1.29, 1.82) is 0 Å². The van der Waals surface area contributed by atoms with Crippen LogP contribution in [0.3, 0.4) is 0 Å². The van der Waals surface area contributed by atoms with Gasteiger partial charge in [0.15, 0.2) is 11.5 Å². The zero-order valence-corrected chi connectivity index (χ0v) is 13.8. The van der Waals surface area contributed by atoms with E-state index in [1.54, 1.807) is 25.3 Å². The molecule has 0 saturated carbocycles. The SMILES string of the molecule is CCCOc1cc(/C=N\Nc2ccc(C(F)(F)F)cn2)ccc1OC. The molecule has 0 aliphatic heterocycles. The number of pyridine rings is 1. The third kappa shape index (κ3) is 5.37. The fourth-order valence-electron chi connectivity index (χ4n) is 1.90. The van der Waals surface area contributed by atoms with Gasteiger partial charge in [0.05, 0.1) is 25.5 Å². The fourth-order valence-corrected chi connectivity index (χ4v) is 1.90. The zero-order chi connectivity index (χ0) is 18.3. The van der Waals surface area contributed by atoms with Crippen molar-refractivity contribution < 1.29 is 22.6 Å². The molecule has 0 aliphatic carbocycles. The van der Waals surface area contributed by atoms with Crippen molar-refractivity contribution in [3.8, 4) is 11.5 Å². The van der Waals surface area contributed by atoms with Gasteiger partial charge < -0.3 is 9.47 Å². The Balaban J connectivity index is 2.04. The Morgan fingerprint density at radius 1 is 1.20 bits per heavy atom. The van der Waals surface area contributed by atoms with E-state index in [0.29, 0.717) is 18.1 Å². The highest BCUT2D eigenvalue weighted by Gasteiger charge is 2.30. The quantitative estimate of drug-likeness (QED) is 0.594. The maximum Gasteiger partial charge on any atom is 0.417 e. The predicted octanol–water partition coefficient (Wildman–Crippen LogP) is 4.34. The molecule has 0 radical (unpaired) electrons. The third-order valence-corrected chi connectivity index (χ3v) is 3.13. The summed E-state index contributed by atoms with van der Waals surface area (Å²) in [4.78, 5) is 3.67. The van der Waals surface area contributed by atoms with Crippen molar-refractivity contribution in [3.05, 3.63) is 47.7 Å². The molecule has 5 nitrogen and oxygen atoms in total. The summed E-state index contributed by atoms with van der Waals surface area (Å²) in [5.74, 6) is 1.42. The number of methoxy groups -OCH3 is 1. The van der Waals surface area contributed by atoms with Crippen molar-refractivity contribution >= 4 is 12.0 Å². The smallest absolute Gasteiger partial charge is 0.417 e. The Morgan fingerprint density at radius 2 is 2.00 bits per heavy atom. The molecule has 2 aromatic rings. The summed E-state index contributed by atoms with van der Waals surface area (Å²) >= 11 is 0. The summed E-state index contributed by atoms with van der Waals surface area (Å²) < 4.78 is 48.2. The normalized spacial score (nSPS) is 11.6. The molecule has 8 heteroatoms. The van der Waals surface area contributed by atoms with Crippen molar-refractivity contribution in [1.82, 2.24) is 4.98 Å². The van der Waals surface area contributed by atoms with Crippen LogP contribution in [0.5, 0.6) is 11.5 Å². The number of aromatic nitrogens is 1. The number of alkyl halides is 3. The van der Waals surface area contributed by atoms with Gasteiger partial charge in [-0.3, -0.25) is 5.43 Å². The number of rotatable bonds is 7. The molecule has 0 atom stereocenters. The van der Waals surface area contributed by atoms with Crippen LogP contribution in [0.1, 0.15) is 24.5 Å². The highest BCUT2D eigenvalue weighted by Crippen LogP contribution is 2.29. The first-order valence-electron chi connectivity index (χ1n) is 7.57. The van der Waals surface area contributed by atoms with Gasteiger partial charge in [-0.15, -0.1) is 0 Å². The van der Waals surface area contributed by atoms with E-state index in [1.807, 2.05) is 6.92 Å². The lowest BCUT2D eigenvalue weighted by atomic mass is 10.2. The summed E-state index contributed by atoms with van der Waals surface area (Å²) in [6.45, 7) is 2.56. The van der Waals surface area contributed by atoms with Gasteiger partial charge in [0.25, 0.3) is 0 Å². The molecular weight excluding hydrogens is 335 g/mol. The van der Waals surface area contributed by atoms with Crippen LogP contribution in [0.4, 0.5) is 19.0 Å². The molecule has 25 heavy (non-hydrogen) atoms. The first kappa shape index (κ1) is 18.6. The molecule has 1 aromatic carbocycles. The van der Waals surface area contributed by atoms with Crippen molar-refractivity contribution in [2.75, 3.05) is 19.1 Å². The number of nitrogens with one attached hydrogen (secondary N) is 1. The molecule has 1 N–H and O–H groups in total. The largest absolute Gasteiger partial charge is 0.493 e. The lowest BCUT2D eigenvalue weighted by molar-refractivity contribution is -0.137. The Hall–Kier alpha value is -2.77. The number of anilines is 1. The van der Waals surface area contributed by atoms with E-state index < -0.39 is 11.7 Å². The number of ether oxygens (including phenoxy) is 2. The Kier molecular flexibility index (Phi) is 6.21. The van der Waals surface area contributed by atoms with Gasteiger partial charge in [-0.25, -0.2) is 4.98 Å². The molecular formula is C17H18F3N3O2. The van der Waals surface area contributed by atoms with E-state index in [9.17, 15) is 13.2 Å². The van der Waals surface area contributed by atoms with Crippen LogP contribution in [0, 0.1) is 0 Å². The van der Waals surface area contributed by atoms with Crippen molar-refractivity contribution in [3.63, 3.8) is 0 Å². The fraction of sp³-hybridized carbons (Fsp3) is 0.294. The lowest BCUT2D eigenvalue weighted by Gasteiger charge is -2.10. The molecule has 0 unspecified atom stereocenters. The van der Waals surface area contributed by atoms with Gasteiger partial charge in [-0.1, -0.05) is 6.92 Å². The second-order valence-electron chi connectivity index (χ2n) is 5.06. The molecule has 0 amide bonds. The molecule has 0 aliphatic rings. The highest BCUT2D eigenvalue weighted by molar-refractivity contribution is 5.81. The van der Waals surface area contributed by atoms with Gasteiger partial charge in [-0.05, 0) is 42.3 Å². The van der Waals surface area contributed by atoms with Crippen LogP contribution < -0.4 is 14.9 Å². The van der Waals surface area contributed by atoms with E-state index in [4.69, 9.17) is 9.47 Å². The van der Waals surface area contributed by atoms with Crippen LogP contribution in [0.15, 0.2) is 41.6 Å². The predicted molar refractivity (Wildman–Crippen MR) is 89.2 cm³/mol. The van der Waals surface area contributed by atoms with Crippen molar-refractivity contribution in [2.24, 2.45) is 5.10 Å². The van der Waals surface area contributed by atoms with Crippen LogP contribution in [0.25, 0.3) is 0 Å². The minimum Gasteiger partial charge on any atom is -0.493 e. The van der Waals surface area contributed by atoms with E-state index >= 15 is 0 Å². The summed E-state index contributed by atoms with van der Waals surface area (Å²) in [7, 11) is 1.56. The van der Waals surface area contributed by atoms with Gasteiger partial charge in [0, 0.05) is 6.20 Å². The average Bonchev–Trinajstić information content (AvgIpc) is 2.60. The van der Waals surface area contributed by atoms with E-state index in [0.717, 1.165) is 24.2 Å². The lowest BCUT2D eigenvalue weighted by Crippen LogP contribution is -2.05. The van der Waals surface area contributed by atoms with Gasteiger partial charge in [0.1, 0.15) is 5.82 Å². The molecule has 2 rings (SSSR count). The van der Waals surface area contributed by atoms with E-state index in [1.165, 1.54) is 12.3 Å². The molecule has 0 fully saturated rings. The minimum absolute atomic E-state index is 0.209. The molecule has 1 heterocycles.